The Balaban J connectivity index is 2.31. The van der Waals surface area contributed by atoms with Crippen molar-refractivity contribution in [1.82, 2.24) is 0 Å². The summed E-state index contributed by atoms with van der Waals surface area (Å²) in [7, 11) is 1.49. The minimum absolute atomic E-state index is 0.0146. The third kappa shape index (κ3) is 2.41. The number of fused-ring (bicyclic) bond motifs is 1. The van der Waals surface area contributed by atoms with Crippen LogP contribution in [0.15, 0.2) is 54.1 Å². The molecule has 2 nitrogen and oxygen atoms in total. The number of alkyl halides is 3. The molecule has 2 aromatic carbocycles. The van der Waals surface area contributed by atoms with Gasteiger partial charge in [0, 0.05) is 5.57 Å². The van der Waals surface area contributed by atoms with Crippen molar-refractivity contribution in [2.75, 3.05) is 7.11 Å². The summed E-state index contributed by atoms with van der Waals surface area (Å²) in [6.07, 6.45) is -4.64. The monoisotopic (exact) mass is 320 g/mol. The topological polar surface area (TPSA) is 29.5 Å². The molecule has 23 heavy (non-hydrogen) atoms. The Kier molecular flexibility index (Phi) is 3.48. The van der Waals surface area contributed by atoms with Gasteiger partial charge >= 0.3 is 6.18 Å². The fraction of sp³-hybridized carbons (Fsp3) is 0.222. The molecule has 0 aromatic heterocycles. The lowest BCUT2D eigenvalue weighted by Crippen LogP contribution is -2.30. The van der Waals surface area contributed by atoms with Crippen molar-refractivity contribution in [1.29, 1.82) is 0 Å². The molecule has 0 saturated heterocycles. The normalized spacial score (nSPS) is 20.6. The van der Waals surface area contributed by atoms with Gasteiger partial charge in [0.1, 0.15) is 11.4 Å². The van der Waals surface area contributed by atoms with Crippen LogP contribution in [0.1, 0.15) is 23.6 Å². The first-order valence-electron chi connectivity index (χ1n) is 7.05. The highest BCUT2D eigenvalue weighted by Gasteiger charge is 2.52. The highest BCUT2D eigenvalue weighted by Crippen LogP contribution is 2.53. The average Bonchev–Trinajstić information content (AvgIpc) is 2.76. The van der Waals surface area contributed by atoms with Crippen molar-refractivity contribution in [3.8, 4) is 5.75 Å². The smallest absolute Gasteiger partial charge is 0.416 e. The molecule has 1 aliphatic carbocycles. The molecule has 0 spiro atoms. The predicted molar refractivity (Wildman–Crippen MR) is 81.1 cm³/mol. The van der Waals surface area contributed by atoms with Crippen LogP contribution in [0.3, 0.4) is 0 Å². The van der Waals surface area contributed by atoms with Gasteiger partial charge < -0.3 is 9.84 Å². The number of ether oxygens (including phenoxy) is 1. The van der Waals surface area contributed by atoms with Crippen LogP contribution in [0.5, 0.6) is 5.75 Å². The average molecular weight is 320 g/mol. The minimum atomic E-state index is -4.64. The molecule has 0 fully saturated rings. The van der Waals surface area contributed by atoms with E-state index < -0.39 is 17.4 Å². The molecule has 120 valence electrons. The third-order valence-corrected chi connectivity index (χ3v) is 4.12. The van der Waals surface area contributed by atoms with Gasteiger partial charge in [0.15, 0.2) is 0 Å². The predicted octanol–water partition coefficient (Wildman–Crippen LogP) is 4.28. The first-order valence-corrected chi connectivity index (χ1v) is 7.05. The molecule has 0 bridgehead atoms. The Hall–Kier alpha value is -2.27. The Morgan fingerprint density at radius 1 is 1.00 bits per heavy atom. The van der Waals surface area contributed by atoms with Crippen molar-refractivity contribution < 1.29 is 23.0 Å². The van der Waals surface area contributed by atoms with Crippen molar-refractivity contribution in [3.63, 3.8) is 0 Å². The second-order valence-corrected chi connectivity index (χ2v) is 5.59. The maximum Gasteiger partial charge on any atom is 0.416 e. The summed E-state index contributed by atoms with van der Waals surface area (Å²) in [6.45, 7) is 1.19. The molecule has 0 saturated carbocycles. The van der Waals surface area contributed by atoms with E-state index in [1.54, 1.807) is 42.5 Å². The number of hydrogen-bond acceptors (Lipinski definition) is 2. The van der Waals surface area contributed by atoms with Crippen LogP contribution in [0.2, 0.25) is 0 Å². The van der Waals surface area contributed by atoms with Gasteiger partial charge in [0.2, 0.25) is 0 Å². The van der Waals surface area contributed by atoms with Crippen LogP contribution in [-0.4, -0.2) is 18.4 Å². The van der Waals surface area contributed by atoms with Gasteiger partial charge in [0.05, 0.1) is 12.7 Å². The van der Waals surface area contributed by atoms with E-state index >= 15 is 0 Å². The van der Waals surface area contributed by atoms with Crippen LogP contribution < -0.4 is 4.74 Å². The van der Waals surface area contributed by atoms with Crippen molar-refractivity contribution in [3.05, 3.63) is 70.8 Å². The lowest BCUT2D eigenvalue weighted by Gasteiger charge is -2.25. The zero-order chi connectivity index (χ0) is 16.8. The van der Waals surface area contributed by atoms with E-state index in [0.717, 1.165) is 0 Å². The quantitative estimate of drug-likeness (QED) is 0.895. The molecule has 0 amide bonds. The second-order valence-electron chi connectivity index (χ2n) is 5.59. The molecule has 0 aliphatic heterocycles. The van der Waals surface area contributed by atoms with Crippen molar-refractivity contribution >= 4 is 5.57 Å². The molecule has 0 heterocycles. The molecule has 0 radical (unpaired) electrons. The molecule has 1 unspecified atom stereocenters. The summed E-state index contributed by atoms with van der Waals surface area (Å²) in [5, 5.41) is 10.6. The Morgan fingerprint density at radius 3 is 2.17 bits per heavy atom. The molecular weight excluding hydrogens is 305 g/mol. The van der Waals surface area contributed by atoms with Crippen molar-refractivity contribution in [2.45, 2.75) is 18.7 Å². The molecule has 1 N–H and O–H groups in total. The molecule has 2 aromatic rings. The summed E-state index contributed by atoms with van der Waals surface area (Å²) in [5.41, 5.74) is -1.95. The van der Waals surface area contributed by atoms with Crippen LogP contribution in [-0.2, 0) is 5.60 Å². The zero-order valence-corrected chi connectivity index (χ0v) is 12.6. The van der Waals surface area contributed by atoms with Gasteiger partial charge in [-0.2, -0.15) is 13.2 Å². The van der Waals surface area contributed by atoms with Gasteiger partial charge in [-0.3, -0.25) is 0 Å². The standard InChI is InChI=1S/C18H15F3O2/c1-17(22)14-6-4-3-5-13(14)15(16(17)18(19,20)21)11-7-9-12(23-2)10-8-11/h3-10,22H,1-2H3. The number of methoxy groups -OCH3 is 1. The van der Waals surface area contributed by atoms with Crippen LogP contribution in [0.25, 0.3) is 5.57 Å². The molecule has 5 heteroatoms. The Labute approximate surface area is 131 Å². The summed E-state index contributed by atoms with van der Waals surface area (Å²) in [5.74, 6) is 0.556. The van der Waals surface area contributed by atoms with Gasteiger partial charge in [-0.1, -0.05) is 36.4 Å². The number of rotatable bonds is 2. The van der Waals surface area contributed by atoms with Crippen LogP contribution in [0, 0.1) is 0 Å². The Bertz CT molecular complexity index is 772. The number of aliphatic hydroxyl groups is 1. The summed E-state index contributed by atoms with van der Waals surface area (Å²) >= 11 is 0. The van der Waals surface area contributed by atoms with Gasteiger partial charge in [-0.05, 0) is 35.7 Å². The SMILES string of the molecule is COc1ccc(C2=C(C(F)(F)F)C(C)(O)c3ccccc32)cc1. The highest BCUT2D eigenvalue weighted by molar-refractivity contribution is 5.90. The maximum atomic E-state index is 13.7. The van der Waals surface area contributed by atoms with E-state index in [1.165, 1.54) is 20.1 Å². The number of halogens is 3. The fourth-order valence-corrected chi connectivity index (χ4v) is 3.11. The van der Waals surface area contributed by atoms with E-state index in [-0.39, 0.29) is 11.1 Å². The number of benzene rings is 2. The zero-order valence-electron chi connectivity index (χ0n) is 12.6. The first kappa shape index (κ1) is 15.6. The number of hydrogen-bond donors (Lipinski definition) is 1. The molecule has 3 rings (SSSR count). The first-order chi connectivity index (χ1) is 10.8. The van der Waals surface area contributed by atoms with Gasteiger partial charge in [0.25, 0.3) is 0 Å². The van der Waals surface area contributed by atoms with Crippen LogP contribution in [0.4, 0.5) is 13.2 Å². The lowest BCUT2D eigenvalue weighted by atomic mass is 9.91. The van der Waals surface area contributed by atoms with E-state index in [4.69, 9.17) is 4.74 Å². The molecule has 1 atom stereocenters. The van der Waals surface area contributed by atoms with Crippen LogP contribution >= 0.6 is 0 Å². The van der Waals surface area contributed by atoms with E-state index in [9.17, 15) is 18.3 Å². The second kappa shape index (κ2) is 5.13. The highest BCUT2D eigenvalue weighted by atomic mass is 19.4. The molecule has 1 aliphatic rings. The summed E-state index contributed by atoms with van der Waals surface area (Å²) in [6, 6.07) is 12.8. The lowest BCUT2D eigenvalue weighted by molar-refractivity contribution is -0.117. The summed E-state index contributed by atoms with van der Waals surface area (Å²) < 4.78 is 46.0. The fourth-order valence-electron chi connectivity index (χ4n) is 3.11. The van der Waals surface area contributed by atoms with Gasteiger partial charge in [-0.15, -0.1) is 0 Å². The van der Waals surface area contributed by atoms with Gasteiger partial charge in [-0.25, -0.2) is 0 Å². The third-order valence-electron chi connectivity index (χ3n) is 4.12. The molecular formula is C18H15F3O2. The largest absolute Gasteiger partial charge is 0.497 e. The minimum Gasteiger partial charge on any atom is -0.497 e. The Morgan fingerprint density at radius 2 is 1.61 bits per heavy atom. The van der Waals surface area contributed by atoms with E-state index in [2.05, 4.69) is 0 Å². The van der Waals surface area contributed by atoms with E-state index in [1.807, 2.05) is 0 Å². The maximum absolute atomic E-state index is 13.7. The van der Waals surface area contributed by atoms with Crippen molar-refractivity contribution in [2.24, 2.45) is 0 Å². The summed E-state index contributed by atoms with van der Waals surface area (Å²) in [4.78, 5) is 0. The van der Waals surface area contributed by atoms with E-state index in [0.29, 0.717) is 16.9 Å².